The normalized spacial score (nSPS) is 18.1. The van der Waals surface area contributed by atoms with Crippen LogP contribution in [0.25, 0.3) is 0 Å². The summed E-state index contributed by atoms with van der Waals surface area (Å²) in [5.41, 5.74) is 5.19. The average Bonchev–Trinajstić information content (AvgIpc) is 2.38. The van der Waals surface area contributed by atoms with Gasteiger partial charge in [0.1, 0.15) is 10.7 Å². The van der Waals surface area contributed by atoms with Gasteiger partial charge in [0.15, 0.2) is 0 Å². The molecule has 1 amide bonds. The van der Waals surface area contributed by atoms with Gasteiger partial charge in [0.2, 0.25) is 15.9 Å². The molecule has 0 atom stereocenters. The standard InChI is InChI=1S/C12H14ClFN2O3S/c13-9-1-2-11(10(14)7-9)20(18,19)16-5-3-8(4-6-16)12(15)17/h1-2,7-8H,3-6H2,(H2,15,17). The fourth-order valence-electron chi connectivity index (χ4n) is 2.20. The second kappa shape index (κ2) is 5.67. The van der Waals surface area contributed by atoms with Gasteiger partial charge in [0.25, 0.3) is 0 Å². The maximum Gasteiger partial charge on any atom is 0.245 e. The van der Waals surface area contributed by atoms with Crippen LogP contribution in [0.1, 0.15) is 12.8 Å². The lowest BCUT2D eigenvalue weighted by atomic mass is 9.98. The summed E-state index contributed by atoms with van der Waals surface area (Å²) in [6.07, 6.45) is 0.702. The van der Waals surface area contributed by atoms with Crippen molar-refractivity contribution < 1.29 is 17.6 Å². The van der Waals surface area contributed by atoms with Gasteiger partial charge in [-0.05, 0) is 31.0 Å². The zero-order chi connectivity index (χ0) is 14.9. The van der Waals surface area contributed by atoms with Crippen molar-refractivity contribution in [3.63, 3.8) is 0 Å². The van der Waals surface area contributed by atoms with Gasteiger partial charge >= 0.3 is 0 Å². The predicted octanol–water partition coefficient (Wildman–Crippen LogP) is 1.37. The molecule has 1 aliphatic rings. The lowest BCUT2D eigenvalue weighted by molar-refractivity contribution is -0.122. The lowest BCUT2D eigenvalue weighted by Gasteiger charge is -2.29. The minimum Gasteiger partial charge on any atom is -0.369 e. The maximum absolute atomic E-state index is 13.7. The van der Waals surface area contributed by atoms with Crippen molar-refractivity contribution in [1.82, 2.24) is 4.31 Å². The molecule has 2 N–H and O–H groups in total. The van der Waals surface area contributed by atoms with Crippen LogP contribution in [-0.4, -0.2) is 31.7 Å². The molecule has 1 fully saturated rings. The summed E-state index contributed by atoms with van der Waals surface area (Å²) in [5, 5.41) is 0.133. The van der Waals surface area contributed by atoms with Gasteiger partial charge in [0, 0.05) is 24.0 Å². The number of halogens is 2. The van der Waals surface area contributed by atoms with E-state index in [-0.39, 0.29) is 24.0 Å². The number of nitrogens with zero attached hydrogens (tertiary/aromatic N) is 1. The quantitative estimate of drug-likeness (QED) is 0.913. The molecule has 0 unspecified atom stereocenters. The van der Waals surface area contributed by atoms with E-state index in [0.29, 0.717) is 12.8 Å². The molecule has 110 valence electrons. The Labute approximate surface area is 121 Å². The smallest absolute Gasteiger partial charge is 0.245 e. The summed E-state index contributed by atoms with van der Waals surface area (Å²) in [5.74, 6) is -1.63. The van der Waals surface area contributed by atoms with Crippen LogP contribution < -0.4 is 5.73 Å². The number of carbonyl (C=O) groups excluding carboxylic acids is 1. The number of benzene rings is 1. The SMILES string of the molecule is NC(=O)C1CCN(S(=O)(=O)c2ccc(Cl)cc2F)CC1. The van der Waals surface area contributed by atoms with Crippen molar-refractivity contribution in [2.24, 2.45) is 11.7 Å². The van der Waals surface area contributed by atoms with E-state index in [0.717, 1.165) is 12.1 Å². The number of sulfonamides is 1. The molecule has 0 saturated carbocycles. The number of hydrogen-bond donors (Lipinski definition) is 1. The van der Waals surface area contributed by atoms with Crippen LogP contribution in [-0.2, 0) is 14.8 Å². The lowest BCUT2D eigenvalue weighted by Crippen LogP contribution is -2.41. The van der Waals surface area contributed by atoms with Gasteiger partial charge in [-0.3, -0.25) is 4.79 Å². The zero-order valence-corrected chi connectivity index (χ0v) is 12.1. The number of primary amides is 1. The largest absolute Gasteiger partial charge is 0.369 e. The third-order valence-corrected chi connectivity index (χ3v) is 5.54. The van der Waals surface area contributed by atoms with Gasteiger partial charge in [-0.15, -0.1) is 0 Å². The highest BCUT2D eigenvalue weighted by Crippen LogP contribution is 2.26. The van der Waals surface area contributed by atoms with Gasteiger partial charge < -0.3 is 5.73 Å². The van der Waals surface area contributed by atoms with E-state index in [1.54, 1.807) is 0 Å². The third kappa shape index (κ3) is 2.94. The first-order chi connectivity index (χ1) is 9.32. The first-order valence-corrected chi connectivity index (χ1v) is 7.88. The molecule has 1 aromatic rings. The van der Waals surface area contributed by atoms with Crippen molar-refractivity contribution in [3.05, 3.63) is 29.0 Å². The summed E-state index contributed by atoms with van der Waals surface area (Å²) in [6, 6.07) is 3.44. The molecule has 1 heterocycles. The summed E-state index contributed by atoms with van der Waals surface area (Å²) in [6.45, 7) is 0.302. The number of hydrogen-bond acceptors (Lipinski definition) is 3. The second-order valence-corrected chi connectivity index (χ2v) is 7.00. The van der Waals surface area contributed by atoms with E-state index in [2.05, 4.69) is 0 Å². The second-order valence-electron chi connectivity index (χ2n) is 4.66. The summed E-state index contributed by atoms with van der Waals surface area (Å²) in [4.78, 5) is 10.6. The Balaban J connectivity index is 2.22. The van der Waals surface area contributed by atoms with E-state index < -0.39 is 26.6 Å². The minimum absolute atomic E-state index is 0.133. The fraction of sp³-hybridized carbons (Fsp3) is 0.417. The number of amides is 1. The first kappa shape index (κ1) is 15.2. The van der Waals surface area contributed by atoms with E-state index in [1.807, 2.05) is 0 Å². The maximum atomic E-state index is 13.7. The summed E-state index contributed by atoms with van der Waals surface area (Å²) < 4.78 is 39.6. The molecule has 5 nitrogen and oxygen atoms in total. The molecule has 8 heteroatoms. The highest BCUT2D eigenvalue weighted by Gasteiger charge is 2.32. The number of rotatable bonds is 3. The molecule has 0 aliphatic carbocycles. The highest BCUT2D eigenvalue weighted by molar-refractivity contribution is 7.89. The highest BCUT2D eigenvalue weighted by atomic mass is 35.5. The molecule has 2 rings (SSSR count). The van der Waals surface area contributed by atoms with Crippen LogP contribution in [0.2, 0.25) is 5.02 Å². The van der Waals surface area contributed by atoms with E-state index in [4.69, 9.17) is 17.3 Å². The van der Waals surface area contributed by atoms with Crippen LogP contribution in [0.5, 0.6) is 0 Å². The molecule has 0 bridgehead atoms. The predicted molar refractivity (Wildman–Crippen MR) is 72.1 cm³/mol. The van der Waals surface area contributed by atoms with Crippen LogP contribution in [0, 0.1) is 11.7 Å². The van der Waals surface area contributed by atoms with Crippen LogP contribution in [0.3, 0.4) is 0 Å². The Morgan fingerprint density at radius 2 is 1.95 bits per heavy atom. The van der Waals surface area contributed by atoms with Gasteiger partial charge in [-0.25, -0.2) is 12.8 Å². The Kier molecular flexibility index (Phi) is 4.31. The molecule has 0 radical (unpaired) electrons. The number of carbonyl (C=O) groups is 1. The van der Waals surface area contributed by atoms with Crippen LogP contribution in [0.15, 0.2) is 23.1 Å². The average molecular weight is 321 g/mol. The molecule has 1 saturated heterocycles. The Bertz CT molecular complexity index is 628. The van der Waals surface area contributed by atoms with E-state index in [9.17, 15) is 17.6 Å². The third-order valence-electron chi connectivity index (χ3n) is 3.37. The van der Waals surface area contributed by atoms with Crippen molar-refractivity contribution in [2.45, 2.75) is 17.7 Å². The van der Waals surface area contributed by atoms with Crippen molar-refractivity contribution >= 4 is 27.5 Å². The molecule has 0 aromatic heterocycles. The van der Waals surface area contributed by atoms with Gasteiger partial charge in [0.05, 0.1) is 0 Å². The summed E-state index contributed by atoms with van der Waals surface area (Å²) >= 11 is 5.61. The molecule has 20 heavy (non-hydrogen) atoms. The number of nitrogens with two attached hydrogens (primary N) is 1. The van der Waals surface area contributed by atoms with Gasteiger partial charge in [-0.1, -0.05) is 11.6 Å². The monoisotopic (exact) mass is 320 g/mol. The van der Waals surface area contributed by atoms with Crippen molar-refractivity contribution in [1.29, 1.82) is 0 Å². The van der Waals surface area contributed by atoms with Crippen molar-refractivity contribution in [2.75, 3.05) is 13.1 Å². The van der Waals surface area contributed by atoms with Gasteiger partial charge in [-0.2, -0.15) is 4.31 Å². The molecule has 1 aromatic carbocycles. The van der Waals surface area contributed by atoms with Crippen molar-refractivity contribution in [3.8, 4) is 0 Å². The van der Waals surface area contributed by atoms with E-state index >= 15 is 0 Å². The Morgan fingerprint density at radius 1 is 1.35 bits per heavy atom. The molecular formula is C12H14ClFN2O3S. The Morgan fingerprint density at radius 3 is 2.45 bits per heavy atom. The molecular weight excluding hydrogens is 307 g/mol. The van der Waals surface area contributed by atoms with Crippen LogP contribution in [0.4, 0.5) is 4.39 Å². The fourth-order valence-corrected chi connectivity index (χ4v) is 3.88. The molecule has 0 spiro atoms. The zero-order valence-electron chi connectivity index (χ0n) is 10.6. The Hall–Kier alpha value is -1.18. The first-order valence-electron chi connectivity index (χ1n) is 6.07. The number of piperidine rings is 1. The van der Waals surface area contributed by atoms with Crippen LogP contribution >= 0.6 is 11.6 Å². The minimum atomic E-state index is -3.91. The topological polar surface area (TPSA) is 80.5 Å². The summed E-state index contributed by atoms with van der Waals surface area (Å²) in [7, 11) is -3.91. The van der Waals surface area contributed by atoms with E-state index in [1.165, 1.54) is 10.4 Å². The molecule has 1 aliphatic heterocycles.